The van der Waals surface area contributed by atoms with E-state index in [2.05, 4.69) is 39.4 Å². The quantitative estimate of drug-likeness (QED) is 0.767. The van der Waals surface area contributed by atoms with Crippen molar-refractivity contribution in [2.75, 3.05) is 0 Å². The molecule has 25 heavy (non-hydrogen) atoms. The van der Waals surface area contributed by atoms with Crippen molar-refractivity contribution in [2.24, 2.45) is 0 Å². The van der Waals surface area contributed by atoms with Gasteiger partial charge in [0.05, 0.1) is 6.04 Å². The second-order valence-electron chi connectivity index (χ2n) is 6.68. The number of carbonyl (C=O) groups is 1. The van der Waals surface area contributed by atoms with Gasteiger partial charge < -0.3 is 10.1 Å². The first-order valence-corrected chi connectivity index (χ1v) is 9.66. The standard InChI is InChI=1S/C21H24BrNO2/c1-14(17-8-7-16-5-3-4-6-18(16)13-17)23-21(24)15(2)25-20-11-9-19(22)10-12-20/h7-15H,3-6H2,1-2H3,(H,23,24). The number of ether oxygens (including phenoxy) is 1. The molecular formula is C21H24BrNO2. The van der Waals surface area contributed by atoms with Crippen LogP contribution in [0.5, 0.6) is 5.75 Å². The van der Waals surface area contributed by atoms with Gasteiger partial charge in [-0.1, -0.05) is 34.1 Å². The molecule has 1 N–H and O–H groups in total. The normalized spacial score (nSPS) is 15.8. The maximum absolute atomic E-state index is 12.4. The van der Waals surface area contributed by atoms with E-state index in [1.54, 1.807) is 6.92 Å². The van der Waals surface area contributed by atoms with Gasteiger partial charge in [0.2, 0.25) is 0 Å². The number of halogens is 1. The molecule has 1 aliphatic rings. The molecule has 2 unspecified atom stereocenters. The molecule has 2 aromatic rings. The third kappa shape index (κ3) is 4.63. The van der Waals surface area contributed by atoms with Gasteiger partial charge in [-0.3, -0.25) is 4.79 Å². The molecule has 3 rings (SSSR count). The SMILES string of the molecule is CC(Oc1ccc(Br)cc1)C(=O)NC(C)c1ccc2c(c1)CCCC2. The van der Waals surface area contributed by atoms with Crippen LogP contribution in [0.3, 0.4) is 0 Å². The summed E-state index contributed by atoms with van der Waals surface area (Å²) >= 11 is 3.39. The molecule has 0 spiro atoms. The minimum Gasteiger partial charge on any atom is -0.481 e. The Bertz CT molecular complexity index is 742. The van der Waals surface area contributed by atoms with Crippen molar-refractivity contribution in [1.82, 2.24) is 5.32 Å². The minimum atomic E-state index is -0.541. The number of fused-ring (bicyclic) bond motifs is 1. The average molecular weight is 402 g/mol. The van der Waals surface area contributed by atoms with E-state index in [0.29, 0.717) is 5.75 Å². The second kappa shape index (κ2) is 8.05. The van der Waals surface area contributed by atoms with Crippen molar-refractivity contribution in [2.45, 2.75) is 51.7 Å². The molecule has 0 heterocycles. The van der Waals surface area contributed by atoms with Crippen LogP contribution in [0, 0.1) is 0 Å². The lowest BCUT2D eigenvalue weighted by Crippen LogP contribution is -2.37. The molecule has 0 radical (unpaired) electrons. The van der Waals surface area contributed by atoms with Crippen molar-refractivity contribution in [3.63, 3.8) is 0 Å². The Kier molecular flexibility index (Phi) is 5.79. The molecule has 0 bridgehead atoms. The highest BCUT2D eigenvalue weighted by Gasteiger charge is 2.19. The Morgan fingerprint density at radius 1 is 1.04 bits per heavy atom. The summed E-state index contributed by atoms with van der Waals surface area (Å²) in [5.41, 5.74) is 4.05. The maximum atomic E-state index is 12.4. The second-order valence-corrected chi connectivity index (χ2v) is 7.60. The maximum Gasteiger partial charge on any atom is 0.261 e. The summed E-state index contributed by atoms with van der Waals surface area (Å²) < 4.78 is 6.71. The van der Waals surface area contributed by atoms with Gasteiger partial charge in [0.1, 0.15) is 5.75 Å². The summed E-state index contributed by atoms with van der Waals surface area (Å²) in [4.78, 5) is 12.4. The smallest absolute Gasteiger partial charge is 0.261 e. The Hall–Kier alpha value is -1.81. The molecular weight excluding hydrogens is 378 g/mol. The monoisotopic (exact) mass is 401 g/mol. The summed E-state index contributed by atoms with van der Waals surface area (Å²) in [5, 5.41) is 3.06. The summed E-state index contributed by atoms with van der Waals surface area (Å²) in [6, 6.07) is 14.1. The van der Waals surface area contributed by atoms with Crippen LogP contribution < -0.4 is 10.1 Å². The molecule has 0 saturated heterocycles. The number of hydrogen-bond donors (Lipinski definition) is 1. The van der Waals surface area contributed by atoms with Gasteiger partial charge in [0.25, 0.3) is 5.91 Å². The summed E-state index contributed by atoms with van der Waals surface area (Å²) in [5.74, 6) is 0.584. The topological polar surface area (TPSA) is 38.3 Å². The number of rotatable bonds is 5. The Morgan fingerprint density at radius 2 is 1.72 bits per heavy atom. The van der Waals surface area contributed by atoms with Gasteiger partial charge >= 0.3 is 0 Å². The molecule has 132 valence electrons. The third-order valence-corrected chi connectivity index (χ3v) is 5.26. The van der Waals surface area contributed by atoms with Crippen molar-refractivity contribution >= 4 is 21.8 Å². The van der Waals surface area contributed by atoms with Crippen LogP contribution in [0.25, 0.3) is 0 Å². The van der Waals surface area contributed by atoms with Crippen molar-refractivity contribution in [1.29, 1.82) is 0 Å². The fourth-order valence-corrected chi connectivity index (χ4v) is 3.47. The molecule has 2 atom stereocenters. The van der Waals surface area contributed by atoms with E-state index in [-0.39, 0.29) is 11.9 Å². The number of aryl methyl sites for hydroxylation is 2. The summed E-state index contributed by atoms with van der Waals surface area (Å²) in [7, 11) is 0. The van der Waals surface area contributed by atoms with Crippen LogP contribution in [-0.2, 0) is 17.6 Å². The molecule has 1 aliphatic carbocycles. The van der Waals surface area contributed by atoms with Gasteiger partial charge in [0, 0.05) is 4.47 Å². The Morgan fingerprint density at radius 3 is 2.44 bits per heavy atom. The lowest BCUT2D eigenvalue weighted by molar-refractivity contribution is -0.127. The highest BCUT2D eigenvalue weighted by molar-refractivity contribution is 9.10. The summed E-state index contributed by atoms with van der Waals surface area (Å²) in [6.07, 6.45) is 4.32. The molecule has 0 saturated carbocycles. The number of carbonyl (C=O) groups excluding carboxylic acids is 1. The van der Waals surface area contributed by atoms with Gasteiger partial charge in [0.15, 0.2) is 6.10 Å². The van der Waals surface area contributed by atoms with E-state index in [0.717, 1.165) is 16.5 Å². The average Bonchev–Trinajstić information content (AvgIpc) is 2.63. The molecule has 4 heteroatoms. The highest BCUT2D eigenvalue weighted by Crippen LogP contribution is 2.25. The van der Waals surface area contributed by atoms with E-state index in [1.165, 1.54) is 30.4 Å². The summed E-state index contributed by atoms with van der Waals surface area (Å²) in [6.45, 7) is 3.80. The first-order valence-electron chi connectivity index (χ1n) is 8.87. The number of benzene rings is 2. The molecule has 0 aromatic heterocycles. The van der Waals surface area contributed by atoms with Crippen LogP contribution in [0.2, 0.25) is 0 Å². The van der Waals surface area contributed by atoms with Crippen LogP contribution in [0.15, 0.2) is 46.9 Å². The minimum absolute atomic E-state index is 0.0318. The zero-order valence-electron chi connectivity index (χ0n) is 14.7. The van der Waals surface area contributed by atoms with Crippen molar-refractivity contribution < 1.29 is 9.53 Å². The van der Waals surface area contributed by atoms with Gasteiger partial charge in [-0.15, -0.1) is 0 Å². The molecule has 2 aromatic carbocycles. The molecule has 1 amide bonds. The van der Waals surface area contributed by atoms with Crippen LogP contribution in [0.1, 0.15) is 49.4 Å². The van der Waals surface area contributed by atoms with E-state index in [9.17, 15) is 4.79 Å². The zero-order chi connectivity index (χ0) is 17.8. The zero-order valence-corrected chi connectivity index (χ0v) is 16.3. The molecule has 0 aliphatic heterocycles. The van der Waals surface area contributed by atoms with Crippen LogP contribution >= 0.6 is 15.9 Å². The van der Waals surface area contributed by atoms with Crippen LogP contribution in [0.4, 0.5) is 0 Å². The van der Waals surface area contributed by atoms with E-state index in [4.69, 9.17) is 4.74 Å². The largest absolute Gasteiger partial charge is 0.481 e. The molecule has 3 nitrogen and oxygen atoms in total. The Labute approximate surface area is 157 Å². The molecule has 0 fully saturated rings. The number of nitrogens with one attached hydrogen (secondary N) is 1. The van der Waals surface area contributed by atoms with Crippen molar-refractivity contribution in [3.05, 3.63) is 63.6 Å². The van der Waals surface area contributed by atoms with E-state index < -0.39 is 6.10 Å². The fourth-order valence-electron chi connectivity index (χ4n) is 3.21. The predicted octanol–water partition coefficient (Wildman–Crippen LogP) is 4.97. The van der Waals surface area contributed by atoms with Gasteiger partial charge in [-0.25, -0.2) is 0 Å². The number of amides is 1. The highest BCUT2D eigenvalue weighted by atomic mass is 79.9. The van der Waals surface area contributed by atoms with E-state index in [1.807, 2.05) is 31.2 Å². The fraction of sp³-hybridized carbons (Fsp3) is 0.381. The van der Waals surface area contributed by atoms with E-state index >= 15 is 0 Å². The lowest BCUT2D eigenvalue weighted by Gasteiger charge is -2.21. The number of hydrogen-bond acceptors (Lipinski definition) is 2. The van der Waals surface area contributed by atoms with Gasteiger partial charge in [-0.05, 0) is 80.5 Å². The predicted molar refractivity (Wildman–Crippen MR) is 104 cm³/mol. The third-order valence-electron chi connectivity index (χ3n) is 4.73. The first-order chi connectivity index (χ1) is 12.0. The lowest BCUT2D eigenvalue weighted by atomic mass is 9.89. The van der Waals surface area contributed by atoms with Crippen LogP contribution in [-0.4, -0.2) is 12.0 Å². The first kappa shape index (κ1) is 18.0. The van der Waals surface area contributed by atoms with Crippen molar-refractivity contribution in [3.8, 4) is 5.75 Å². The Balaban J connectivity index is 1.60. The van der Waals surface area contributed by atoms with Gasteiger partial charge in [-0.2, -0.15) is 0 Å².